The van der Waals surface area contributed by atoms with Gasteiger partial charge in [-0.1, -0.05) is 44.0 Å². The van der Waals surface area contributed by atoms with Gasteiger partial charge >= 0.3 is 5.97 Å². The molecule has 2 rings (SSSR count). The summed E-state index contributed by atoms with van der Waals surface area (Å²) in [5.41, 5.74) is 7.76. The highest BCUT2D eigenvalue weighted by molar-refractivity contribution is 9.09. The predicted molar refractivity (Wildman–Crippen MR) is 143 cm³/mol. The van der Waals surface area contributed by atoms with Crippen molar-refractivity contribution in [2.75, 3.05) is 21.7 Å². The number of amides is 1. The quantitative estimate of drug-likeness (QED) is 0.191. The maximum Gasteiger partial charge on any atom is 0.336 e. The van der Waals surface area contributed by atoms with Crippen molar-refractivity contribution >= 4 is 60.8 Å². The van der Waals surface area contributed by atoms with Crippen molar-refractivity contribution in [1.82, 2.24) is 0 Å². The monoisotopic (exact) mass is 599 g/mol. The van der Waals surface area contributed by atoms with Gasteiger partial charge in [0.25, 0.3) is 5.91 Å². The fraction of sp³-hybridized carbons (Fsp3) is 0.375. The maximum absolute atomic E-state index is 11.7. The number of aliphatic hydroxyl groups is 2. The van der Waals surface area contributed by atoms with Crippen LogP contribution < -0.4 is 11.1 Å². The molecule has 6 N–H and O–H groups in total. The van der Waals surface area contributed by atoms with Crippen LogP contribution in [0.5, 0.6) is 0 Å². The molecule has 2 atom stereocenters. The molecule has 0 saturated carbocycles. The minimum Gasteiger partial charge on any atom is -0.479 e. The minimum absolute atomic E-state index is 0.0509. The summed E-state index contributed by atoms with van der Waals surface area (Å²) in [5, 5.41) is 29.4. The normalized spacial score (nSPS) is 13.4. The molecule has 10 heteroatoms. The van der Waals surface area contributed by atoms with Crippen molar-refractivity contribution in [2.45, 2.75) is 45.8 Å². The van der Waals surface area contributed by atoms with Gasteiger partial charge in [-0.25, -0.2) is 9.64 Å². The number of nitrogens with zero attached hydrogens (tertiary/aromatic N) is 1. The lowest BCUT2D eigenvalue weighted by Crippen LogP contribution is -2.41. The molecular weight excluding hydrogens is 570 g/mol. The standard InChI is InChI=1S/C12H13BrN2O2.C8H11N.C4H7BrO3/c1-8-6-9(4-5-10(8)14-3)15-11(16)12(2,17)7-13;1-6-3-4-8(9)5-7(6)2;1-4(8,2-5)3(6)7/h4-6,17H,7H2,1-2H3,(H,15,16);3-5H,9H2,1-2H3;8H,2H2,1H3,(H,6,7)/t12-;;4-/m1.1/s1. The lowest BCUT2D eigenvalue weighted by molar-refractivity contribution is -0.154. The molecule has 0 radical (unpaired) electrons. The number of aliphatic carboxylic acids is 1. The highest BCUT2D eigenvalue weighted by Gasteiger charge is 2.29. The third-order valence-corrected chi connectivity index (χ3v) is 6.76. The van der Waals surface area contributed by atoms with Crippen LogP contribution in [0.4, 0.5) is 17.1 Å². The Kier molecular flexibility index (Phi) is 13.1. The Labute approximate surface area is 217 Å². The summed E-state index contributed by atoms with van der Waals surface area (Å²) in [6.45, 7) is 15.5. The van der Waals surface area contributed by atoms with Gasteiger partial charge in [0.15, 0.2) is 11.3 Å². The van der Waals surface area contributed by atoms with Gasteiger partial charge in [0.05, 0.1) is 6.57 Å². The molecular formula is C24H31Br2N3O5. The number of hydrogen-bond acceptors (Lipinski definition) is 5. The van der Waals surface area contributed by atoms with Gasteiger partial charge in [0.1, 0.15) is 5.60 Å². The highest BCUT2D eigenvalue weighted by Crippen LogP contribution is 2.23. The second-order valence-electron chi connectivity index (χ2n) is 8.03. The van der Waals surface area contributed by atoms with Crippen LogP contribution in [0.2, 0.25) is 0 Å². The van der Waals surface area contributed by atoms with Crippen molar-refractivity contribution in [3.63, 3.8) is 0 Å². The van der Waals surface area contributed by atoms with Crippen LogP contribution in [-0.2, 0) is 9.59 Å². The Morgan fingerprint density at radius 2 is 1.53 bits per heavy atom. The van der Waals surface area contributed by atoms with E-state index in [9.17, 15) is 14.7 Å². The number of carbonyl (C=O) groups is 2. The summed E-state index contributed by atoms with van der Waals surface area (Å²) in [5.74, 6) is -1.70. The number of hydrogen-bond donors (Lipinski definition) is 5. The molecule has 1 amide bonds. The first-order valence-corrected chi connectivity index (χ1v) is 12.3. The minimum atomic E-state index is -1.62. The van der Waals surface area contributed by atoms with E-state index in [2.05, 4.69) is 55.9 Å². The number of carbonyl (C=O) groups excluding carboxylic acids is 1. The summed E-state index contributed by atoms with van der Waals surface area (Å²) in [7, 11) is 0. The summed E-state index contributed by atoms with van der Waals surface area (Å²) in [6.07, 6.45) is 0. The summed E-state index contributed by atoms with van der Waals surface area (Å²) in [6, 6.07) is 10.9. The number of nitrogen functional groups attached to an aromatic ring is 1. The molecule has 186 valence electrons. The van der Waals surface area contributed by atoms with E-state index >= 15 is 0 Å². The van der Waals surface area contributed by atoms with Crippen LogP contribution in [0.15, 0.2) is 36.4 Å². The maximum atomic E-state index is 11.7. The zero-order valence-corrected chi connectivity index (χ0v) is 23.0. The number of benzene rings is 2. The van der Waals surface area contributed by atoms with Crippen LogP contribution in [0.25, 0.3) is 4.85 Å². The van der Waals surface area contributed by atoms with Gasteiger partial charge in [-0.05, 0) is 75.6 Å². The Morgan fingerprint density at radius 3 is 1.88 bits per heavy atom. The van der Waals surface area contributed by atoms with Crippen LogP contribution >= 0.6 is 31.9 Å². The van der Waals surface area contributed by atoms with Gasteiger partial charge in [-0.15, -0.1) is 0 Å². The number of nitrogens with one attached hydrogen (secondary N) is 1. The molecule has 0 bridgehead atoms. The molecule has 0 aliphatic rings. The number of nitrogens with two attached hydrogens (primary N) is 1. The molecule has 0 saturated heterocycles. The fourth-order valence-electron chi connectivity index (χ4n) is 2.01. The lowest BCUT2D eigenvalue weighted by Gasteiger charge is -2.19. The number of halogens is 2. The SMILES string of the molecule is C[C@@](O)(CBr)C(=O)O.Cc1ccc(N)cc1C.[C-]#[N+]c1ccc(NC(=O)[C@](C)(O)CBr)cc1C. The molecule has 0 unspecified atom stereocenters. The first-order valence-electron chi connectivity index (χ1n) is 10.0. The smallest absolute Gasteiger partial charge is 0.336 e. The van der Waals surface area contributed by atoms with Crippen molar-refractivity contribution in [2.24, 2.45) is 0 Å². The molecule has 2 aromatic rings. The number of aryl methyl sites for hydroxylation is 3. The zero-order chi connectivity index (χ0) is 26.7. The molecule has 0 spiro atoms. The predicted octanol–water partition coefficient (Wildman–Crippen LogP) is 4.73. The zero-order valence-electron chi connectivity index (χ0n) is 19.8. The third-order valence-electron chi connectivity index (χ3n) is 4.58. The van der Waals surface area contributed by atoms with E-state index in [0.29, 0.717) is 11.4 Å². The average molecular weight is 601 g/mol. The molecule has 2 aromatic carbocycles. The lowest BCUT2D eigenvalue weighted by atomic mass is 10.1. The third kappa shape index (κ3) is 10.7. The molecule has 0 aliphatic carbocycles. The number of rotatable bonds is 5. The van der Waals surface area contributed by atoms with Crippen molar-refractivity contribution < 1.29 is 24.9 Å². The molecule has 0 aromatic heterocycles. The van der Waals surface area contributed by atoms with E-state index in [1.165, 1.54) is 25.0 Å². The summed E-state index contributed by atoms with van der Waals surface area (Å²) in [4.78, 5) is 25.0. The second kappa shape index (κ2) is 14.1. The molecule has 0 aliphatic heterocycles. The highest BCUT2D eigenvalue weighted by atomic mass is 79.9. The van der Waals surface area contributed by atoms with Gasteiger partial charge < -0.3 is 26.4 Å². The van der Waals surface area contributed by atoms with Crippen molar-refractivity contribution in [3.8, 4) is 0 Å². The number of anilines is 2. The molecule has 0 heterocycles. The van der Waals surface area contributed by atoms with E-state index in [-0.39, 0.29) is 10.7 Å². The Bertz CT molecular complexity index is 1030. The number of carboxylic acid groups (broad SMARTS) is 1. The van der Waals surface area contributed by atoms with Crippen LogP contribution in [0, 0.1) is 27.3 Å². The van der Waals surface area contributed by atoms with Gasteiger partial charge in [-0.3, -0.25) is 4.79 Å². The van der Waals surface area contributed by atoms with Crippen LogP contribution in [0.3, 0.4) is 0 Å². The molecule has 8 nitrogen and oxygen atoms in total. The first kappa shape index (κ1) is 31.6. The van der Waals surface area contributed by atoms with Crippen molar-refractivity contribution in [3.05, 3.63) is 64.5 Å². The topological polar surface area (TPSA) is 137 Å². The largest absolute Gasteiger partial charge is 0.479 e. The van der Waals surface area contributed by atoms with Gasteiger partial charge in [0, 0.05) is 22.0 Å². The van der Waals surface area contributed by atoms with E-state index in [0.717, 1.165) is 11.3 Å². The van der Waals surface area contributed by atoms with E-state index in [1.54, 1.807) is 25.1 Å². The van der Waals surface area contributed by atoms with Gasteiger partial charge in [0.2, 0.25) is 0 Å². The molecule has 0 fully saturated rings. The number of carboxylic acids is 1. The van der Waals surface area contributed by atoms with E-state index in [4.69, 9.17) is 22.5 Å². The van der Waals surface area contributed by atoms with E-state index < -0.39 is 23.1 Å². The van der Waals surface area contributed by atoms with E-state index in [1.807, 2.05) is 18.2 Å². The van der Waals surface area contributed by atoms with Gasteiger partial charge in [-0.2, -0.15) is 0 Å². The first-order chi connectivity index (χ1) is 15.6. The fourth-order valence-corrected chi connectivity index (χ4v) is 2.50. The molecule has 34 heavy (non-hydrogen) atoms. The Balaban J connectivity index is 0.000000538. The van der Waals surface area contributed by atoms with Crippen LogP contribution in [-0.4, -0.2) is 49.1 Å². The van der Waals surface area contributed by atoms with Crippen molar-refractivity contribution in [1.29, 1.82) is 0 Å². The summed E-state index contributed by atoms with van der Waals surface area (Å²) < 4.78 is 0. The number of alkyl halides is 2. The van der Waals surface area contributed by atoms with Crippen LogP contribution in [0.1, 0.15) is 30.5 Å². The Morgan fingerprint density at radius 1 is 0.971 bits per heavy atom. The average Bonchev–Trinajstić information content (AvgIpc) is 2.77. The Hall–Kier alpha value is -2.45. The second-order valence-corrected chi connectivity index (χ2v) is 9.15. The summed E-state index contributed by atoms with van der Waals surface area (Å²) >= 11 is 5.91.